The summed E-state index contributed by atoms with van der Waals surface area (Å²) in [5, 5.41) is 8.22. The van der Waals surface area contributed by atoms with Gasteiger partial charge in [-0.05, 0) is 63.6 Å². The number of aryl methyl sites for hydroxylation is 3. The van der Waals surface area contributed by atoms with Gasteiger partial charge in [-0.2, -0.15) is 0 Å². The highest BCUT2D eigenvalue weighted by atomic mass is 32.2. The Labute approximate surface area is 194 Å². The smallest absolute Gasteiger partial charge is 0.200 e. The lowest BCUT2D eigenvalue weighted by Gasteiger charge is -2.26. The Bertz CT molecular complexity index is 1600. The average molecular weight is 435 g/mol. The van der Waals surface area contributed by atoms with Crippen LogP contribution in [0.15, 0.2) is 70.6 Å². The molecule has 0 radical (unpaired) electrons. The molecule has 0 saturated heterocycles. The Morgan fingerprint density at radius 3 is 2.16 bits per heavy atom. The van der Waals surface area contributed by atoms with Crippen LogP contribution in [0.5, 0.6) is 0 Å². The van der Waals surface area contributed by atoms with Gasteiger partial charge in [-0.15, -0.1) is 0 Å². The topological polar surface area (TPSA) is 3.88 Å². The fourth-order valence-corrected chi connectivity index (χ4v) is 6.91. The molecule has 6 rings (SSSR count). The lowest BCUT2D eigenvalue weighted by Crippen LogP contribution is -2.32. The van der Waals surface area contributed by atoms with Crippen molar-refractivity contribution in [3.05, 3.63) is 77.5 Å². The minimum atomic E-state index is 0.0993. The predicted octanol–water partition coefficient (Wildman–Crippen LogP) is 8.02. The van der Waals surface area contributed by atoms with Crippen molar-refractivity contribution in [2.75, 3.05) is 0 Å². The van der Waals surface area contributed by atoms with Crippen LogP contribution in [0, 0.1) is 13.8 Å². The van der Waals surface area contributed by atoms with Gasteiger partial charge in [0.2, 0.25) is 5.69 Å². The van der Waals surface area contributed by atoms with Crippen molar-refractivity contribution in [3.8, 4) is 11.3 Å². The molecule has 1 aromatic heterocycles. The molecule has 0 N–H and O–H groups in total. The van der Waals surface area contributed by atoms with E-state index in [0.29, 0.717) is 0 Å². The summed E-state index contributed by atoms with van der Waals surface area (Å²) >= 11 is 1.96. The van der Waals surface area contributed by atoms with Crippen molar-refractivity contribution in [1.82, 2.24) is 0 Å². The Morgan fingerprint density at radius 2 is 1.44 bits per heavy atom. The molecule has 4 aromatic carbocycles. The van der Waals surface area contributed by atoms with Crippen molar-refractivity contribution in [1.29, 1.82) is 0 Å². The molecule has 32 heavy (non-hydrogen) atoms. The fourth-order valence-electron chi connectivity index (χ4n) is 5.59. The van der Waals surface area contributed by atoms with Crippen LogP contribution in [0.4, 0.5) is 0 Å². The summed E-state index contributed by atoms with van der Waals surface area (Å²) in [6.45, 7) is 11.5. The lowest BCUT2D eigenvalue weighted by atomic mass is 9.82. The van der Waals surface area contributed by atoms with E-state index in [1.165, 1.54) is 70.1 Å². The summed E-state index contributed by atoms with van der Waals surface area (Å²) < 4.78 is 2.32. The Hall–Kier alpha value is -2.84. The van der Waals surface area contributed by atoms with Crippen molar-refractivity contribution in [3.63, 3.8) is 0 Å². The molecule has 158 valence electrons. The van der Waals surface area contributed by atoms with Gasteiger partial charge >= 0.3 is 0 Å². The summed E-state index contributed by atoms with van der Waals surface area (Å²) in [5.41, 5.74) is 7.03. The SMILES string of the molecule is Cc1c2c(c(C)c3ccccc13)-c1c3c(cc4c(C(C)(C)C)cccc4c3cc[n+]1C)S2. The second kappa shape index (κ2) is 6.59. The van der Waals surface area contributed by atoms with Gasteiger partial charge in [-0.25, -0.2) is 4.57 Å². The number of nitrogens with zero attached hydrogens (tertiary/aromatic N) is 1. The third kappa shape index (κ3) is 2.56. The summed E-state index contributed by atoms with van der Waals surface area (Å²) in [5.74, 6) is 0. The van der Waals surface area contributed by atoms with Crippen molar-refractivity contribution in [2.24, 2.45) is 7.05 Å². The molecule has 0 fully saturated rings. The molecule has 0 amide bonds. The monoisotopic (exact) mass is 434 g/mol. The number of benzene rings is 4. The van der Waals surface area contributed by atoms with Crippen LogP contribution in [0.1, 0.15) is 37.5 Å². The van der Waals surface area contributed by atoms with Gasteiger partial charge in [0.25, 0.3) is 0 Å². The predicted molar refractivity (Wildman–Crippen MR) is 138 cm³/mol. The third-order valence-corrected chi connectivity index (χ3v) is 8.43. The molecule has 2 heteroatoms. The van der Waals surface area contributed by atoms with Crippen LogP contribution in [0.3, 0.4) is 0 Å². The molecule has 5 aromatic rings. The first-order chi connectivity index (χ1) is 15.3. The summed E-state index contributed by atoms with van der Waals surface area (Å²) in [4.78, 5) is 2.78. The van der Waals surface area contributed by atoms with E-state index in [1.54, 1.807) is 0 Å². The van der Waals surface area contributed by atoms with Gasteiger partial charge in [0.05, 0.1) is 10.9 Å². The maximum absolute atomic E-state index is 2.46. The maximum Gasteiger partial charge on any atom is 0.222 e. The van der Waals surface area contributed by atoms with Gasteiger partial charge in [0.1, 0.15) is 7.05 Å². The van der Waals surface area contributed by atoms with Crippen molar-refractivity contribution >= 4 is 44.1 Å². The molecule has 0 spiro atoms. The molecule has 2 heterocycles. The highest BCUT2D eigenvalue weighted by Gasteiger charge is 2.32. The van der Waals surface area contributed by atoms with Crippen molar-refractivity contribution < 1.29 is 4.57 Å². The van der Waals surface area contributed by atoms with E-state index in [2.05, 4.69) is 107 Å². The zero-order valence-electron chi connectivity index (χ0n) is 19.6. The molecule has 0 unspecified atom stereocenters. The van der Waals surface area contributed by atoms with Crippen LogP contribution >= 0.6 is 11.8 Å². The molecule has 1 nitrogen and oxygen atoms in total. The van der Waals surface area contributed by atoms with E-state index in [-0.39, 0.29) is 5.41 Å². The quantitative estimate of drug-likeness (QED) is 0.173. The zero-order chi connectivity index (χ0) is 22.4. The number of hydrogen-bond donors (Lipinski definition) is 0. The normalized spacial score (nSPS) is 13.2. The van der Waals surface area contributed by atoms with Gasteiger partial charge in [-0.1, -0.05) is 75.0 Å². The number of fused-ring (bicyclic) bond motifs is 5. The second-order valence-electron chi connectivity index (χ2n) is 10.2. The number of aromatic nitrogens is 1. The highest BCUT2D eigenvalue weighted by molar-refractivity contribution is 8.00. The molecular weight excluding hydrogens is 406 g/mol. The van der Waals surface area contributed by atoms with Gasteiger partial charge in [0.15, 0.2) is 6.20 Å². The zero-order valence-corrected chi connectivity index (χ0v) is 20.4. The lowest BCUT2D eigenvalue weighted by molar-refractivity contribution is -0.659. The van der Waals surface area contributed by atoms with E-state index >= 15 is 0 Å². The van der Waals surface area contributed by atoms with Crippen LogP contribution in [0.25, 0.3) is 43.6 Å². The third-order valence-electron chi connectivity index (χ3n) is 7.18. The second-order valence-corrected chi connectivity index (χ2v) is 11.2. The fraction of sp³-hybridized carbons (Fsp3) is 0.233. The number of rotatable bonds is 0. The average Bonchev–Trinajstić information content (AvgIpc) is 2.77. The molecule has 0 aliphatic carbocycles. The summed E-state index contributed by atoms with van der Waals surface area (Å²) in [7, 11) is 2.19. The van der Waals surface area contributed by atoms with E-state index < -0.39 is 0 Å². The standard InChI is InChI=1S/C30H28NS/c1-17-19-10-7-8-11-20(19)18(2)29-26(17)28-27-22(14-15-31(28)6)21-12-9-13-24(30(3,4)5)23(21)16-25(27)32-29/h7-16H,1-6H3/q+1. The molecular formula is C30H28NS+. The van der Waals surface area contributed by atoms with Crippen LogP contribution in [-0.2, 0) is 12.5 Å². The first-order valence-corrected chi connectivity index (χ1v) is 12.2. The number of hydrogen-bond acceptors (Lipinski definition) is 1. The summed E-state index contributed by atoms with van der Waals surface area (Å²) in [6.07, 6.45) is 2.24. The number of pyridine rings is 1. The molecule has 0 saturated carbocycles. The van der Waals surface area contributed by atoms with Crippen molar-refractivity contribution in [2.45, 2.75) is 49.8 Å². The molecule has 1 aliphatic rings. The van der Waals surface area contributed by atoms with E-state index in [4.69, 9.17) is 0 Å². The first-order valence-electron chi connectivity index (χ1n) is 11.4. The van der Waals surface area contributed by atoms with Gasteiger partial charge in [0, 0.05) is 21.2 Å². The van der Waals surface area contributed by atoms with E-state index in [1.807, 2.05) is 11.8 Å². The Balaban J connectivity index is 1.83. The van der Waals surface area contributed by atoms with Crippen LogP contribution in [0.2, 0.25) is 0 Å². The minimum Gasteiger partial charge on any atom is -0.200 e. The van der Waals surface area contributed by atoms with Gasteiger partial charge < -0.3 is 0 Å². The Morgan fingerprint density at radius 1 is 0.750 bits per heavy atom. The van der Waals surface area contributed by atoms with Gasteiger partial charge in [-0.3, -0.25) is 0 Å². The molecule has 0 atom stereocenters. The largest absolute Gasteiger partial charge is 0.222 e. The minimum absolute atomic E-state index is 0.0993. The summed E-state index contributed by atoms with van der Waals surface area (Å²) in [6, 6.07) is 20.5. The van der Waals surface area contributed by atoms with E-state index in [9.17, 15) is 0 Å². The van der Waals surface area contributed by atoms with E-state index in [0.717, 1.165) is 0 Å². The van der Waals surface area contributed by atoms with Crippen LogP contribution < -0.4 is 4.57 Å². The highest BCUT2D eigenvalue weighted by Crippen LogP contribution is 2.52. The molecule has 0 bridgehead atoms. The maximum atomic E-state index is 2.46. The molecule has 1 aliphatic heterocycles. The van der Waals surface area contributed by atoms with Crippen LogP contribution in [-0.4, -0.2) is 0 Å². The Kier molecular flexibility index (Phi) is 4.08. The first kappa shape index (κ1) is 19.8.